The van der Waals surface area contributed by atoms with Crippen LogP contribution in [0.2, 0.25) is 0 Å². The summed E-state index contributed by atoms with van der Waals surface area (Å²) in [6.45, 7) is 12.8. The number of ether oxygens (including phenoxy) is 1. The van der Waals surface area contributed by atoms with Crippen LogP contribution in [-0.2, 0) is 17.9 Å². The van der Waals surface area contributed by atoms with Gasteiger partial charge < -0.3 is 10.1 Å². The van der Waals surface area contributed by atoms with Crippen LogP contribution in [-0.4, -0.2) is 26.4 Å². The van der Waals surface area contributed by atoms with Gasteiger partial charge in [-0.25, -0.2) is 0 Å². The van der Waals surface area contributed by atoms with Gasteiger partial charge in [0.05, 0.1) is 5.75 Å². The molecule has 1 amide bonds. The maximum atomic E-state index is 12.5. The number of allylic oxidation sites excluding steroid dienone is 1. The monoisotopic (exact) mass is 436 g/mol. The van der Waals surface area contributed by atoms with E-state index < -0.39 is 0 Å². The molecule has 0 unspecified atom stereocenters. The first-order chi connectivity index (χ1) is 14.9. The smallest absolute Gasteiger partial charge is 0.234 e. The number of aromatic nitrogens is 3. The van der Waals surface area contributed by atoms with Gasteiger partial charge in [-0.15, -0.1) is 16.8 Å². The summed E-state index contributed by atoms with van der Waals surface area (Å²) in [5.41, 5.74) is 5.33. The molecule has 0 aliphatic carbocycles. The van der Waals surface area contributed by atoms with Crippen LogP contribution in [0.4, 0.5) is 5.69 Å². The third kappa shape index (κ3) is 5.55. The normalized spacial score (nSPS) is 10.7. The number of hydrogen-bond acceptors (Lipinski definition) is 5. The number of aryl methyl sites for hydroxylation is 2. The molecule has 2 aromatic carbocycles. The van der Waals surface area contributed by atoms with E-state index >= 15 is 0 Å². The Balaban J connectivity index is 1.65. The lowest BCUT2D eigenvalue weighted by Crippen LogP contribution is -2.16. The fourth-order valence-electron chi connectivity index (χ4n) is 3.07. The van der Waals surface area contributed by atoms with Crippen LogP contribution < -0.4 is 10.1 Å². The van der Waals surface area contributed by atoms with Crippen LogP contribution in [0.3, 0.4) is 0 Å². The standard InChI is InChI=1S/C24H28N4O2S/c1-6-13-28-22(14-30-21-12-8-10-17(3)19(21)5)26-27-24(28)31-15-23(29)25-20-11-7-9-16(2)18(20)4/h6-12H,1,13-15H2,2-5H3,(H,25,29). The molecule has 1 N–H and O–H groups in total. The number of thioether (sulfide) groups is 1. The molecule has 0 saturated carbocycles. The molecule has 3 aromatic rings. The fourth-order valence-corrected chi connectivity index (χ4v) is 3.84. The molecular formula is C24H28N4O2S. The molecule has 0 spiro atoms. The molecule has 162 valence electrons. The number of amides is 1. The minimum atomic E-state index is -0.0833. The highest BCUT2D eigenvalue weighted by Crippen LogP contribution is 2.23. The van der Waals surface area contributed by atoms with E-state index in [1.807, 2.05) is 55.7 Å². The van der Waals surface area contributed by atoms with Crippen molar-refractivity contribution in [2.75, 3.05) is 11.1 Å². The summed E-state index contributed by atoms with van der Waals surface area (Å²) in [4.78, 5) is 12.5. The minimum Gasteiger partial charge on any atom is -0.485 e. The van der Waals surface area contributed by atoms with Crippen molar-refractivity contribution in [2.24, 2.45) is 0 Å². The zero-order valence-corrected chi connectivity index (χ0v) is 19.3. The molecule has 0 aliphatic heterocycles. The summed E-state index contributed by atoms with van der Waals surface area (Å²) >= 11 is 1.35. The van der Waals surface area contributed by atoms with E-state index in [0.717, 1.165) is 28.1 Å². The highest BCUT2D eigenvalue weighted by Gasteiger charge is 2.15. The van der Waals surface area contributed by atoms with Crippen LogP contribution in [0.5, 0.6) is 5.75 Å². The number of carbonyl (C=O) groups is 1. The van der Waals surface area contributed by atoms with E-state index in [0.29, 0.717) is 24.1 Å². The Kier molecular flexibility index (Phi) is 7.52. The molecule has 7 heteroatoms. The van der Waals surface area contributed by atoms with Crippen molar-refractivity contribution in [1.29, 1.82) is 0 Å². The highest BCUT2D eigenvalue weighted by atomic mass is 32.2. The first kappa shape index (κ1) is 22.6. The molecule has 0 aliphatic rings. The van der Waals surface area contributed by atoms with Gasteiger partial charge in [-0.05, 0) is 62.1 Å². The maximum absolute atomic E-state index is 12.5. The van der Waals surface area contributed by atoms with Gasteiger partial charge in [0.2, 0.25) is 5.91 Å². The molecule has 1 heterocycles. The predicted molar refractivity (Wildman–Crippen MR) is 126 cm³/mol. The number of nitrogens with zero attached hydrogens (tertiary/aromatic N) is 3. The first-order valence-corrected chi connectivity index (χ1v) is 11.1. The first-order valence-electron chi connectivity index (χ1n) is 10.1. The second kappa shape index (κ2) is 10.3. The van der Waals surface area contributed by atoms with E-state index in [2.05, 4.69) is 35.1 Å². The zero-order valence-electron chi connectivity index (χ0n) is 18.4. The summed E-state index contributed by atoms with van der Waals surface area (Å²) in [6.07, 6.45) is 1.78. The average molecular weight is 437 g/mol. The molecule has 0 saturated heterocycles. The molecule has 31 heavy (non-hydrogen) atoms. The molecule has 6 nitrogen and oxygen atoms in total. The van der Waals surface area contributed by atoms with Crippen LogP contribution in [0.1, 0.15) is 28.1 Å². The molecular weight excluding hydrogens is 408 g/mol. The third-order valence-electron chi connectivity index (χ3n) is 5.23. The van der Waals surface area contributed by atoms with Crippen molar-refractivity contribution >= 4 is 23.4 Å². The van der Waals surface area contributed by atoms with Crippen molar-refractivity contribution in [2.45, 2.75) is 46.0 Å². The summed E-state index contributed by atoms with van der Waals surface area (Å²) in [6, 6.07) is 11.9. The second-order valence-corrected chi connectivity index (χ2v) is 8.31. The lowest BCUT2D eigenvalue weighted by molar-refractivity contribution is -0.113. The predicted octanol–water partition coefficient (Wildman–Crippen LogP) is 5.01. The Hall–Kier alpha value is -3.06. The molecule has 0 fully saturated rings. The number of carbonyl (C=O) groups excluding carboxylic acids is 1. The Morgan fingerprint density at radius 3 is 2.55 bits per heavy atom. The largest absolute Gasteiger partial charge is 0.485 e. The van der Waals surface area contributed by atoms with E-state index in [4.69, 9.17) is 4.74 Å². The Morgan fingerprint density at radius 1 is 1.10 bits per heavy atom. The Morgan fingerprint density at radius 2 is 1.81 bits per heavy atom. The fraction of sp³-hybridized carbons (Fsp3) is 0.292. The lowest BCUT2D eigenvalue weighted by Gasteiger charge is -2.12. The quantitative estimate of drug-likeness (QED) is 0.377. The zero-order chi connectivity index (χ0) is 22.4. The van der Waals surface area contributed by atoms with Gasteiger partial charge in [0, 0.05) is 12.2 Å². The molecule has 3 rings (SSSR count). The number of nitrogens with one attached hydrogen (secondary N) is 1. The summed E-state index contributed by atoms with van der Waals surface area (Å²) in [5.74, 6) is 1.68. The van der Waals surface area contributed by atoms with Gasteiger partial charge in [0.25, 0.3) is 0 Å². The van der Waals surface area contributed by atoms with Crippen molar-refractivity contribution in [1.82, 2.24) is 14.8 Å². The van der Waals surface area contributed by atoms with Gasteiger partial charge in [0.15, 0.2) is 11.0 Å². The molecule has 0 atom stereocenters. The van der Waals surface area contributed by atoms with Crippen LogP contribution in [0.25, 0.3) is 0 Å². The summed E-state index contributed by atoms with van der Waals surface area (Å²) in [7, 11) is 0. The second-order valence-electron chi connectivity index (χ2n) is 7.37. The Labute approximate surface area is 187 Å². The number of hydrogen-bond donors (Lipinski definition) is 1. The van der Waals surface area contributed by atoms with Crippen molar-refractivity contribution in [3.8, 4) is 5.75 Å². The van der Waals surface area contributed by atoms with Crippen molar-refractivity contribution in [3.63, 3.8) is 0 Å². The Bertz CT molecular complexity index is 1090. The van der Waals surface area contributed by atoms with Crippen LogP contribution in [0, 0.1) is 27.7 Å². The number of anilines is 1. The molecule has 0 radical (unpaired) electrons. The third-order valence-corrected chi connectivity index (χ3v) is 6.19. The van der Waals surface area contributed by atoms with Crippen LogP contribution in [0.15, 0.2) is 54.2 Å². The average Bonchev–Trinajstić information content (AvgIpc) is 3.13. The maximum Gasteiger partial charge on any atom is 0.234 e. The topological polar surface area (TPSA) is 69.0 Å². The molecule has 0 bridgehead atoms. The summed E-state index contributed by atoms with van der Waals surface area (Å²) in [5, 5.41) is 12.2. The number of benzene rings is 2. The van der Waals surface area contributed by atoms with E-state index in [-0.39, 0.29) is 11.7 Å². The van der Waals surface area contributed by atoms with Crippen molar-refractivity contribution in [3.05, 3.63) is 77.1 Å². The van der Waals surface area contributed by atoms with Gasteiger partial charge in [-0.2, -0.15) is 0 Å². The lowest BCUT2D eigenvalue weighted by atomic mass is 10.1. The van der Waals surface area contributed by atoms with E-state index in [9.17, 15) is 4.79 Å². The molecule has 1 aromatic heterocycles. The van der Waals surface area contributed by atoms with E-state index in [1.165, 1.54) is 17.3 Å². The number of rotatable bonds is 9. The van der Waals surface area contributed by atoms with Gasteiger partial charge in [-0.3, -0.25) is 9.36 Å². The van der Waals surface area contributed by atoms with E-state index in [1.54, 1.807) is 6.08 Å². The van der Waals surface area contributed by atoms with Crippen LogP contribution >= 0.6 is 11.8 Å². The SMILES string of the molecule is C=CCn1c(COc2cccc(C)c2C)nnc1SCC(=O)Nc1cccc(C)c1C. The van der Waals surface area contributed by atoms with Gasteiger partial charge in [0.1, 0.15) is 12.4 Å². The van der Waals surface area contributed by atoms with Gasteiger partial charge >= 0.3 is 0 Å². The summed E-state index contributed by atoms with van der Waals surface area (Å²) < 4.78 is 7.91. The highest BCUT2D eigenvalue weighted by molar-refractivity contribution is 7.99. The minimum absolute atomic E-state index is 0.0833. The van der Waals surface area contributed by atoms with Crippen molar-refractivity contribution < 1.29 is 9.53 Å². The van der Waals surface area contributed by atoms with Gasteiger partial charge in [-0.1, -0.05) is 42.1 Å².